The minimum Gasteiger partial charge on any atom is -0.338 e. The van der Waals surface area contributed by atoms with Crippen LogP contribution in [0.2, 0.25) is 0 Å². The van der Waals surface area contributed by atoms with E-state index in [1.807, 2.05) is 6.07 Å². The zero-order valence-corrected chi connectivity index (χ0v) is 4.54. The molecule has 0 amide bonds. The highest BCUT2D eigenvalue weighted by Gasteiger charge is 1.78. The van der Waals surface area contributed by atoms with E-state index in [1.54, 1.807) is 6.20 Å². The second-order valence-electron chi connectivity index (χ2n) is 1.45. The summed E-state index contributed by atoms with van der Waals surface area (Å²) in [6, 6.07) is 1.85. The van der Waals surface area contributed by atoms with Crippen molar-refractivity contribution in [1.29, 1.82) is 0 Å². The topological polar surface area (TPSA) is 25.8 Å². The third-order valence-electron chi connectivity index (χ3n) is 0.899. The van der Waals surface area contributed by atoms with Gasteiger partial charge in [0.2, 0.25) is 0 Å². The summed E-state index contributed by atoms with van der Waals surface area (Å²) in [7, 11) is 0. The van der Waals surface area contributed by atoms with Crippen LogP contribution in [0, 0.1) is 6.92 Å². The van der Waals surface area contributed by atoms with Gasteiger partial charge in [0.1, 0.15) is 6.33 Å². The van der Waals surface area contributed by atoms with E-state index in [1.165, 1.54) is 6.33 Å². The van der Waals surface area contributed by atoms with Crippen molar-refractivity contribution in [3.8, 4) is 0 Å². The lowest BCUT2D eigenvalue weighted by molar-refractivity contribution is 1.05. The van der Waals surface area contributed by atoms with Crippen LogP contribution in [0.3, 0.4) is 0 Å². The third kappa shape index (κ3) is 1.03. The average molecular weight is 107 g/mol. The van der Waals surface area contributed by atoms with Crippen molar-refractivity contribution >= 4 is 0 Å². The van der Waals surface area contributed by atoms with E-state index in [9.17, 15) is 0 Å². The minimum absolute atomic E-state index is 0.739. The molecule has 0 atom stereocenters. The fourth-order valence-electron chi connectivity index (χ4n) is 0.466. The Balaban J connectivity index is 2.83. The fourth-order valence-corrected chi connectivity index (χ4v) is 0.466. The molecule has 2 heteroatoms. The van der Waals surface area contributed by atoms with Crippen LogP contribution in [0.1, 0.15) is 5.69 Å². The van der Waals surface area contributed by atoms with Crippen LogP contribution in [0.5, 0.6) is 0 Å². The molecule has 0 N–H and O–H groups in total. The highest BCUT2D eigenvalue weighted by Crippen LogP contribution is 1.88. The predicted molar refractivity (Wildman–Crippen MR) is 31.1 cm³/mol. The first kappa shape index (κ1) is 5.22. The molecule has 2 nitrogen and oxygen atoms in total. The van der Waals surface area contributed by atoms with Crippen molar-refractivity contribution in [2.45, 2.75) is 6.42 Å². The van der Waals surface area contributed by atoms with Crippen LogP contribution >= 0.6 is 0 Å². The average Bonchev–Trinajstić information content (AvgIpc) is 1.90. The minimum atomic E-state index is 0.739. The molecular formula is C6H7N2-. The zero-order valence-electron chi connectivity index (χ0n) is 4.54. The van der Waals surface area contributed by atoms with Crippen molar-refractivity contribution in [2.24, 2.45) is 0 Å². The van der Waals surface area contributed by atoms with E-state index in [4.69, 9.17) is 0 Å². The number of rotatable bonds is 1. The molecular weight excluding hydrogens is 100 g/mol. The maximum atomic E-state index is 3.92. The summed E-state index contributed by atoms with van der Waals surface area (Å²) in [5.74, 6) is 0. The standard InChI is InChI=1S/C6H7N2/c1-2-6-3-4-7-5-8-6/h3-5H,1-2H2/q-1. The van der Waals surface area contributed by atoms with Gasteiger partial charge in [-0.25, -0.2) is 9.97 Å². The van der Waals surface area contributed by atoms with Crippen molar-refractivity contribution in [3.05, 3.63) is 31.2 Å². The van der Waals surface area contributed by atoms with Gasteiger partial charge >= 0.3 is 0 Å². The quantitative estimate of drug-likeness (QED) is 0.497. The molecule has 0 aliphatic heterocycles. The second-order valence-corrected chi connectivity index (χ2v) is 1.45. The lowest BCUT2D eigenvalue weighted by atomic mass is 10.3. The first-order valence-electron chi connectivity index (χ1n) is 2.47. The molecule has 1 aromatic rings. The predicted octanol–water partition coefficient (Wildman–Crippen LogP) is 0.853. The molecule has 0 aromatic carbocycles. The summed E-state index contributed by atoms with van der Waals surface area (Å²) in [4.78, 5) is 7.68. The molecule has 1 heterocycles. The lowest BCUT2D eigenvalue weighted by Gasteiger charge is -1.93. The van der Waals surface area contributed by atoms with Crippen molar-refractivity contribution in [3.63, 3.8) is 0 Å². The van der Waals surface area contributed by atoms with Crippen molar-refractivity contribution in [1.82, 2.24) is 9.97 Å². The number of hydrogen-bond acceptors (Lipinski definition) is 2. The monoisotopic (exact) mass is 107 g/mol. The molecule has 1 rings (SSSR count). The van der Waals surface area contributed by atoms with Gasteiger partial charge in [0.05, 0.1) is 0 Å². The van der Waals surface area contributed by atoms with Crippen LogP contribution < -0.4 is 0 Å². The first-order chi connectivity index (χ1) is 3.93. The molecule has 0 aliphatic rings. The third-order valence-corrected chi connectivity index (χ3v) is 0.899. The highest BCUT2D eigenvalue weighted by molar-refractivity contribution is 4.97. The van der Waals surface area contributed by atoms with Crippen LogP contribution in [-0.2, 0) is 6.42 Å². The Morgan fingerprint density at radius 1 is 1.62 bits per heavy atom. The molecule has 0 fully saturated rings. The van der Waals surface area contributed by atoms with Gasteiger partial charge in [-0.2, -0.15) is 0 Å². The lowest BCUT2D eigenvalue weighted by Crippen LogP contribution is -1.84. The first-order valence-corrected chi connectivity index (χ1v) is 2.47. The summed E-state index contributed by atoms with van der Waals surface area (Å²) in [6.07, 6.45) is 3.98. The molecule has 1 aromatic heterocycles. The summed E-state index contributed by atoms with van der Waals surface area (Å²) in [5.41, 5.74) is 0.986. The van der Waals surface area contributed by atoms with Gasteiger partial charge in [-0.1, -0.05) is 0 Å². The van der Waals surface area contributed by atoms with Crippen LogP contribution in [0.25, 0.3) is 0 Å². The zero-order chi connectivity index (χ0) is 5.82. The van der Waals surface area contributed by atoms with Crippen molar-refractivity contribution in [2.75, 3.05) is 0 Å². The molecule has 42 valence electrons. The van der Waals surface area contributed by atoms with Gasteiger partial charge in [-0.15, -0.1) is 6.42 Å². The Kier molecular flexibility index (Phi) is 1.57. The molecule has 0 spiro atoms. The summed E-state index contributed by atoms with van der Waals surface area (Å²) in [6.45, 7) is 3.67. The van der Waals surface area contributed by atoms with Crippen LogP contribution in [0.4, 0.5) is 0 Å². The molecule has 0 aliphatic carbocycles. The second kappa shape index (κ2) is 2.40. The van der Waals surface area contributed by atoms with Crippen LogP contribution in [-0.4, -0.2) is 9.97 Å². The van der Waals surface area contributed by atoms with Gasteiger partial charge in [-0.05, 0) is 6.07 Å². The summed E-state index contributed by atoms with van der Waals surface area (Å²) in [5, 5.41) is 0. The fraction of sp³-hybridized carbons (Fsp3) is 0.167. The summed E-state index contributed by atoms with van der Waals surface area (Å²) < 4.78 is 0. The van der Waals surface area contributed by atoms with Gasteiger partial charge in [0.15, 0.2) is 0 Å². The Morgan fingerprint density at radius 2 is 2.50 bits per heavy atom. The molecule has 0 bridgehead atoms. The maximum Gasteiger partial charge on any atom is 0.115 e. The SMILES string of the molecule is [CH2-]Cc1ccncn1. The Bertz CT molecular complexity index is 148. The maximum absolute atomic E-state index is 3.92. The van der Waals surface area contributed by atoms with E-state index in [0.717, 1.165) is 12.1 Å². The Labute approximate surface area is 48.6 Å². The summed E-state index contributed by atoms with van der Waals surface area (Å²) >= 11 is 0. The molecule has 0 saturated heterocycles. The van der Waals surface area contributed by atoms with Crippen LogP contribution in [0.15, 0.2) is 18.6 Å². The number of nitrogens with zero attached hydrogens (tertiary/aromatic N) is 2. The van der Waals surface area contributed by atoms with Crippen molar-refractivity contribution < 1.29 is 0 Å². The molecule has 0 radical (unpaired) electrons. The highest BCUT2D eigenvalue weighted by atomic mass is 14.8. The largest absolute Gasteiger partial charge is 0.338 e. The molecule has 0 unspecified atom stereocenters. The number of hydrogen-bond donors (Lipinski definition) is 0. The van der Waals surface area contributed by atoms with E-state index in [-0.39, 0.29) is 0 Å². The molecule has 0 saturated carbocycles. The van der Waals surface area contributed by atoms with Gasteiger partial charge in [-0.3, -0.25) is 0 Å². The van der Waals surface area contributed by atoms with Gasteiger partial charge in [0, 0.05) is 11.9 Å². The smallest absolute Gasteiger partial charge is 0.115 e. The normalized spacial score (nSPS) is 9.12. The Hall–Kier alpha value is -0.920. The van der Waals surface area contributed by atoms with Gasteiger partial charge < -0.3 is 6.92 Å². The van der Waals surface area contributed by atoms with E-state index >= 15 is 0 Å². The van der Waals surface area contributed by atoms with E-state index < -0.39 is 0 Å². The molecule has 8 heavy (non-hydrogen) atoms. The number of aromatic nitrogens is 2. The van der Waals surface area contributed by atoms with Gasteiger partial charge in [0.25, 0.3) is 0 Å². The van der Waals surface area contributed by atoms with E-state index in [0.29, 0.717) is 0 Å². The Morgan fingerprint density at radius 3 is 2.88 bits per heavy atom. The van der Waals surface area contributed by atoms with E-state index in [2.05, 4.69) is 16.9 Å².